The van der Waals surface area contributed by atoms with E-state index in [9.17, 15) is 9.59 Å². The molecular weight excluding hydrogens is 513 g/mol. The molecule has 3 N–H and O–H groups in total. The van der Waals surface area contributed by atoms with Crippen LogP contribution in [0.2, 0.25) is 0 Å². The molecule has 0 saturated carbocycles. The van der Waals surface area contributed by atoms with Crippen molar-refractivity contribution in [3.05, 3.63) is 0 Å². The third-order valence-corrected chi connectivity index (χ3v) is 4.20. The predicted octanol–water partition coefficient (Wildman–Crippen LogP) is 3.33. The lowest BCUT2D eigenvalue weighted by Crippen LogP contribution is -2.43. The third-order valence-electron chi connectivity index (χ3n) is 4.20. The Balaban J connectivity index is 0.00000900. The van der Waals surface area contributed by atoms with Crippen LogP contribution in [0.15, 0.2) is 4.99 Å². The summed E-state index contributed by atoms with van der Waals surface area (Å²) in [6, 6.07) is 0. The van der Waals surface area contributed by atoms with Gasteiger partial charge in [-0.3, -0.25) is 4.99 Å². The number of alkyl carbamates (subject to hydrolysis) is 1. The molecule has 10 heteroatoms. The van der Waals surface area contributed by atoms with E-state index in [4.69, 9.17) is 9.47 Å². The first-order chi connectivity index (χ1) is 13.9. The Morgan fingerprint density at radius 2 is 1.48 bits per heavy atom. The fourth-order valence-electron chi connectivity index (χ4n) is 2.85. The number of likely N-dealkylation sites (tertiary alicyclic amines) is 1. The first-order valence-electron chi connectivity index (χ1n) is 10.9. The molecule has 0 atom stereocenters. The molecule has 0 aromatic heterocycles. The Bertz CT molecular complexity index is 579. The third kappa shape index (κ3) is 14.3. The number of aliphatic imine (C=N–C) groups is 1. The SMILES string of the molecule is CCNC(=NCC1CCN(C(=O)OC(C)(C)C)CC1)NCCNC(=O)OC(C)(C)C.I. The molecule has 1 aliphatic heterocycles. The molecule has 0 unspecified atom stereocenters. The largest absolute Gasteiger partial charge is 0.444 e. The van der Waals surface area contributed by atoms with Gasteiger partial charge in [-0.25, -0.2) is 9.59 Å². The maximum absolute atomic E-state index is 12.2. The van der Waals surface area contributed by atoms with Crippen LogP contribution in [0.25, 0.3) is 0 Å². The topological polar surface area (TPSA) is 104 Å². The van der Waals surface area contributed by atoms with Gasteiger partial charge in [-0.1, -0.05) is 0 Å². The van der Waals surface area contributed by atoms with Crippen LogP contribution in [0.1, 0.15) is 61.3 Å². The summed E-state index contributed by atoms with van der Waals surface area (Å²) in [4.78, 5) is 30.3. The molecule has 0 aliphatic carbocycles. The van der Waals surface area contributed by atoms with Gasteiger partial charge in [0.1, 0.15) is 11.2 Å². The first-order valence-corrected chi connectivity index (χ1v) is 10.9. The normalized spacial score (nSPS) is 15.6. The molecule has 0 spiro atoms. The Labute approximate surface area is 204 Å². The molecular formula is C21H42IN5O4. The highest BCUT2D eigenvalue weighted by molar-refractivity contribution is 14.0. The Morgan fingerprint density at radius 3 is 2.00 bits per heavy atom. The van der Waals surface area contributed by atoms with Crippen molar-refractivity contribution in [1.82, 2.24) is 20.9 Å². The minimum atomic E-state index is -0.507. The Kier molecular flexibility index (Phi) is 13.2. The highest BCUT2D eigenvalue weighted by atomic mass is 127. The monoisotopic (exact) mass is 555 g/mol. The van der Waals surface area contributed by atoms with Gasteiger partial charge in [0.2, 0.25) is 0 Å². The molecule has 1 aliphatic rings. The van der Waals surface area contributed by atoms with Crippen molar-refractivity contribution in [2.75, 3.05) is 39.3 Å². The fraction of sp³-hybridized carbons (Fsp3) is 0.857. The zero-order valence-corrected chi connectivity index (χ0v) is 22.5. The van der Waals surface area contributed by atoms with Gasteiger partial charge in [0.15, 0.2) is 5.96 Å². The lowest BCUT2D eigenvalue weighted by molar-refractivity contribution is 0.0186. The second-order valence-corrected chi connectivity index (χ2v) is 9.49. The highest BCUT2D eigenvalue weighted by Crippen LogP contribution is 2.20. The fourth-order valence-corrected chi connectivity index (χ4v) is 2.85. The van der Waals surface area contributed by atoms with Gasteiger partial charge in [-0.05, 0) is 67.2 Å². The molecule has 0 aromatic carbocycles. The van der Waals surface area contributed by atoms with Crippen LogP contribution >= 0.6 is 24.0 Å². The molecule has 1 saturated heterocycles. The predicted molar refractivity (Wildman–Crippen MR) is 134 cm³/mol. The number of hydrogen-bond donors (Lipinski definition) is 3. The Hall–Kier alpha value is -1.46. The van der Waals surface area contributed by atoms with Crippen LogP contribution in [-0.2, 0) is 9.47 Å². The number of halogens is 1. The number of amides is 2. The van der Waals surface area contributed by atoms with Crippen LogP contribution in [-0.4, -0.2) is 73.5 Å². The minimum absolute atomic E-state index is 0. The van der Waals surface area contributed by atoms with E-state index in [2.05, 4.69) is 20.9 Å². The molecule has 1 heterocycles. The van der Waals surface area contributed by atoms with E-state index in [0.717, 1.165) is 25.3 Å². The molecule has 2 amide bonds. The second kappa shape index (κ2) is 13.8. The molecule has 0 aromatic rings. The number of nitrogens with zero attached hydrogens (tertiary/aromatic N) is 2. The molecule has 0 bridgehead atoms. The lowest BCUT2D eigenvalue weighted by Gasteiger charge is -2.33. The van der Waals surface area contributed by atoms with Crippen molar-refractivity contribution in [2.45, 2.75) is 72.5 Å². The highest BCUT2D eigenvalue weighted by Gasteiger charge is 2.26. The average molecular weight is 556 g/mol. The van der Waals surface area contributed by atoms with E-state index in [1.165, 1.54) is 0 Å². The summed E-state index contributed by atoms with van der Waals surface area (Å²) in [5.74, 6) is 1.15. The smallest absolute Gasteiger partial charge is 0.410 e. The molecule has 0 radical (unpaired) electrons. The van der Waals surface area contributed by atoms with Crippen LogP contribution in [0.5, 0.6) is 0 Å². The van der Waals surface area contributed by atoms with Crippen LogP contribution in [0.4, 0.5) is 9.59 Å². The van der Waals surface area contributed by atoms with Crippen molar-refractivity contribution in [2.24, 2.45) is 10.9 Å². The number of carbonyl (C=O) groups excluding carboxylic acids is 2. The van der Waals surface area contributed by atoms with Crippen molar-refractivity contribution in [3.8, 4) is 0 Å². The van der Waals surface area contributed by atoms with Crippen molar-refractivity contribution < 1.29 is 19.1 Å². The number of rotatable bonds is 6. The van der Waals surface area contributed by atoms with Gasteiger partial charge in [0, 0.05) is 39.3 Å². The van der Waals surface area contributed by atoms with Crippen molar-refractivity contribution >= 4 is 42.1 Å². The maximum atomic E-state index is 12.2. The van der Waals surface area contributed by atoms with Gasteiger partial charge in [0.25, 0.3) is 0 Å². The van der Waals surface area contributed by atoms with E-state index in [-0.39, 0.29) is 30.1 Å². The van der Waals surface area contributed by atoms with Crippen LogP contribution in [0.3, 0.4) is 0 Å². The molecule has 9 nitrogen and oxygen atoms in total. The van der Waals surface area contributed by atoms with E-state index < -0.39 is 17.3 Å². The summed E-state index contributed by atoms with van der Waals surface area (Å²) in [6.45, 7) is 17.0. The number of nitrogens with one attached hydrogen (secondary N) is 3. The molecule has 182 valence electrons. The summed E-state index contributed by atoms with van der Waals surface area (Å²) in [5.41, 5.74) is -0.976. The summed E-state index contributed by atoms with van der Waals surface area (Å²) >= 11 is 0. The van der Waals surface area contributed by atoms with E-state index in [1.54, 1.807) is 4.90 Å². The summed E-state index contributed by atoms with van der Waals surface area (Å²) in [5, 5.41) is 9.14. The van der Waals surface area contributed by atoms with E-state index >= 15 is 0 Å². The van der Waals surface area contributed by atoms with E-state index in [0.29, 0.717) is 38.6 Å². The number of ether oxygens (including phenoxy) is 2. The summed E-state index contributed by atoms with van der Waals surface area (Å²) in [6.07, 6.45) is 1.14. The van der Waals surface area contributed by atoms with Crippen LogP contribution in [0, 0.1) is 5.92 Å². The standard InChI is InChI=1S/C21H41N5O4.HI/c1-8-22-17(23-11-12-24-18(27)29-20(2,3)4)25-15-16-9-13-26(14-10-16)19(28)30-21(5,6)7;/h16H,8-15H2,1-7H3,(H,24,27)(H2,22,23,25);1H. The number of hydrogen-bond acceptors (Lipinski definition) is 5. The Morgan fingerprint density at radius 1 is 0.935 bits per heavy atom. The molecule has 31 heavy (non-hydrogen) atoms. The summed E-state index contributed by atoms with van der Waals surface area (Å²) in [7, 11) is 0. The first kappa shape index (κ1) is 29.5. The van der Waals surface area contributed by atoms with Gasteiger partial charge in [0.05, 0.1) is 0 Å². The quantitative estimate of drug-likeness (QED) is 0.201. The van der Waals surface area contributed by atoms with Gasteiger partial charge < -0.3 is 30.3 Å². The van der Waals surface area contributed by atoms with Gasteiger partial charge in [-0.2, -0.15) is 0 Å². The number of piperidine rings is 1. The van der Waals surface area contributed by atoms with Crippen molar-refractivity contribution in [1.29, 1.82) is 0 Å². The van der Waals surface area contributed by atoms with E-state index in [1.807, 2.05) is 48.5 Å². The van der Waals surface area contributed by atoms with Crippen molar-refractivity contribution in [3.63, 3.8) is 0 Å². The molecule has 1 rings (SSSR count). The lowest BCUT2D eigenvalue weighted by atomic mass is 9.97. The molecule has 1 fully saturated rings. The number of carbonyl (C=O) groups is 2. The maximum Gasteiger partial charge on any atom is 0.410 e. The van der Waals surface area contributed by atoms with Crippen LogP contribution < -0.4 is 16.0 Å². The second-order valence-electron chi connectivity index (χ2n) is 9.49. The number of guanidine groups is 1. The zero-order chi connectivity index (χ0) is 22.8. The minimum Gasteiger partial charge on any atom is -0.444 e. The van der Waals surface area contributed by atoms with Gasteiger partial charge >= 0.3 is 12.2 Å². The van der Waals surface area contributed by atoms with Gasteiger partial charge in [-0.15, -0.1) is 24.0 Å². The zero-order valence-electron chi connectivity index (χ0n) is 20.2. The average Bonchev–Trinajstić information content (AvgIpc) is 2.60. The summed E-state index contributed by atoms with van der Waals surface area (Å²) < 4.78 is 10.7.